The second-order valence-corrected chi connectivity index (χ2v) is 2.28. The molecule has 0 saturated carbocycles. The Kier molecular flexibility index (Phi) is 2.20. The third-order valence-electron chi connectivity index (χ3n) is 1.47. The van der Waals surface area contributed by atoms with Crippen molar-refractivity contribution in [2.45, 2.75) is 6.42 Å². The SMILES string of the molecule is O=[N+]([O-])CCC1C=CC=C1. The molecule has 1 aliphatic rings. The van der Waals surface area contributed by atoms with Crippen molar-refractivity contribution in [3.8, 4) is 0 Å². The molecular formula is C7H9NO2. The Morgan fingerprint density at radius 1 is 1.40 bits per heavy atom. The predicted octanol–water partition coefficient (Wildman–Crippen LogP) is 1.40. The molecule has 0 aromatic heterocycles. The lowest BCUT2D eigenvalue weighted by molar-refractivity contribution is -0.481. The molecule has 0 bridgehead atoms. The number of nitro groups is 1. The summed E-state index contributed by atoms with van der Waals surface area (Å²) in [6.45, 7) is 0.0688. The summed E-state index contributed by atoms with van der Waals surface area (Å²) in [4.78, 5) is 9.64. The molecule has 3 heteroatoms. The first-order chi connectivity index (χ1) is 4.79. The zero-order chi connectivity index (χ0) is 7.40. The average Bonchev–Trinajstić information content (AvgIpc) is 2.34. The summed E-state index contributed by atoms with van der Waals surface area (Å²) in [7, 11) is 0. The van der Waals surface area contributed by atoms with E-state index >= 15 is 0 Å². The van der Waals surface area contributed by atoms with Crippen LogP contribution in [0.2, 0.25) is 0 Å². The van der Waals surface area contributed by atoms with E-state index in [-0.39, 0.29) is 11.5 Å². The monoisotopic (exact) mass is 139 g/mol. The first-order valence-electron chi connectivity index (χ1n) is 3.26. The van der Waals surface area contributed by atoms with Crippen molar-refractivity contribution in [1.29, 1.82) is 0 Å². The van der Waals surface area contributed by atoms with Crippen molar-refractivity contribution in [3.63, 3.8) is 0 Å². The molecule has 0 spiro atoms. The van der Waals surface area contributed by atoms with Gasteiger partial charge in [-0.3, -0.25) is 10.1 Å². The largest absolute Gasteiger partial charge is 0.265 e. The molecule has 3 nitrogen and oxygen atoms in total. The van der Waals surface area contributed by atoms with Crippen molar-refractivity contribution in [1.82, 2.24) is 0 Å². The van der Waals surface area contributed by atoms with E-state index in [0.29, 0.717) is 12.3 Å². The lowest BCUT2D eigenvalue weighted by Crippen LogP contribution is -2.04. The lowest BCUT2D eigenvalue weighted by atomic mass is 10.1. The fourth-order valence-electron chi connectivity index (χ4n) is 0.925. The molecule has 0 aliphatic heterocycles. The average molecular weight is 139 g/mol. The van der Waals surface area contributed by atoms with Crippen LogP contribution < -0.4 is 0 Å². The molecule has 0 amide bonds. The normalized spacial score (nSPS) is 16.4. The van der Waals surface area contributed by atoms with Gasteiger partial charge >= 0.3 is 0 Å². The van der Waals surface area contributed by atoms with Gasteiger partial charge in [0, 0.05) is 17.3 Å². The van der Waals surface area contributed by atoms with E-state index < -0.39 is 0 Å². The molecule has 0 atom stereocenters. The summed E-state index contributed by atoms with van der Waals surface area (Å²) >= 11 is 0. The van der Waals surface area contributed by atoms with Gasteiger partial charge in [0.25, 0.3) is 0 Å². The Morgan fingerprint density at radius 2 is 2.00 bits per heavy atom. The quantitative estimate of drug-likeness (QED) is 0.438. The summed E-state index contributed by atoms with van der Waals surface area (Å²) in [6.07, 6.45) is 8.42. The highest BCUT2D eigenvalue weighted by atomic mass is 16.6. The minimum absolute atomic E-state index is 0.0688. The Morgan fingerprint density at radius 3 is 2.50 bits per heavy atom. The Hall–Kier alpha value is -1.12. The minimum atomic E-state index is -0.278. The molecule has 0 fully saturated rings. The van der Waals surface area contributed by atoms with Crippen molar-refractivity contribution < 1.29 is 4.92 Å². The van der Waals surface area contributed by atoms with Crippen LogP contribution in [0.5, 0.6) is 0 Å². The molecule has 0 aromatic rings. The first kappa shape index (κ1) is 6.99. The second kappa shape index (κ2) is 3.15. The van der Waals surface area contributed by atoms with Gasteiger partial charge in [0.1, 0.15) is 0 Å². The van der Waals surface area contributed by atoms with Crippen LogP contribution in [0.4, 0.5) is 0 Å². The van der Waals surface area contributed by atoms with Gasteiger partial charge in [-0.1, -0.05) is 24.3 Å². The van der Waals surface area contributed by atoms with Gasteiger partial charge in [-0.05, 0) is 0 Å². The van der Waals surface area contributed by atoms with Gasteiger partial charge in [0.15, 0.2) is 0 Å². The highest BCUT2D eigenvalue weighted by Crippen LogP contribution is 2.12. The minimum Gasteiger partial charge on any atom is -0.265 e. The maximum atomic E-state index is 9.91. The predicted molar refractivity (Wildman–Crippen MR) is 38.2 cm³/mol. The van der Waals surface area contributed by atoms with Gasteiger partial charge in [-0.2, -0.15) is 0 Å². The molecule has 0 aromatic carbocycles. The smallest absolute Gasteiger partial charge is 0.204 e. The number of rotatable bonds is 3. The molecular weight excluding hydrogens is 130 g/mol. The number of allylic oxidation sites excluding steroid dienone is 4. The van der Waals surface area contributed by atoms with Crippen LogP contribution in [0.3, 0.4) is 0 Å². The summed E-state index contributed by atoms with van der Waals surface area (Å²) in [5.41, 5.74) is 0. The van der Waals surface area contributed by atoms with Crippen molar-refractivity contribution in [3.05, 3.63) is 34.4 Å². The first-order valence-corrected chi connectivity index (χ1v) is 3.26. The van der Waals surface area contributed by atoms with Crippen LogP contribution in [0.15, 0.2) is 24.3 Å². The Bertz CT molecular complexity index is 172. The molecule has 1 rings (SSSR count). The summed E-state index contributed by atoms with van der Waals surface area (Å²) in [6, 6.07) is 0. The van der Waals surface area contributed by atoms with E-state index in [1.165, 1.54) is 0 Å². The van der Waals surface area contributed by atoms with Gasteiger partial charge in [0.2, 0.25) is 6.54 Å². The molecule has 0 saturated heterocycles. The van der Waals surface area contributed by atoms with Crippen LogP contribution in [0, 0.1) is 16.0 Å². The van der Waals surface area contributed by atoms with Crippen LogP contribution >= 0.6 is 0 Å². The molecule has 0 unspecified atom stereocenters. The highest BCUT2D eigenvalue weighted by molar-refractivity contribution is 5.17. The number of hydrogen-bond acceptors (Lipinski definition) is 2. The van der Waals surface area contributed by atoms with E-state index in [2.05, 4.69) is 0 Å². The molecule has 0 N–H and O–H groups in total. The second-order valence-electron chi connectivity index (χ2n) is 2.28. The topological polar surface area (TPSA) is 43.1 Å². The lowest BCUT2D eigenvalue weighted by Gasteiger charge is -1.97. The molecule has 1 aliphatic carbocycles. The van der Waals surface area contributed by atoms with Crippen LogP contribution in [0.1, 0.15) is 6.42 Å². The van der Waals surface area contributed by atoms with Crippen LogP contribution in [0.25, 0.3) is 0 Å². The van der Waals surface area contributed by atoms with Gasteiger partial charge in [-0.15, -0.1) is 0 Å². The molecule has 54 valence electrons. The number of nitrogens with zero attached hydrogens (tertiary/aromatic N) is 1. The number of hydrogen-bond donors (Lipinski definition) is 0. The van der Waals surface area contributed by atoms with E-state index in [4.69, 9.17) is 0 Å². The van der Waals surface area contributed by atoms with Crippen LogP contribution in [-0.2, 0) is 0 Å². The van der Waals surface area contributed by atoms with Gasteiger partial charge in [-0.25, -0.2) is 0 Å². The summed E-state index contributed by atoms with van der Waals surface area (Å²) in [5.74, 6) is 0.297. The van der Waals surface area contributed by atoms with Crippen molar-refractivity contribution >= 4 is 0 Å². The standard InChI is InChI=1S/C7H9NO2/c9-8(10)6-5-7-3-1-2-4-7/h1-4,7H,5-6H2. The van der Waals surface area contributed by atoms with Crippen LogP contribution in [-0.4, -0.2) is 11.5 Å². The third-order valence-corrected chi connectivity index (χ3v) is 1.47. The Labute approximate surface area is 59.2 Å². The van der Waals surface area contributed by atoms with Crippen molar-refractivity contribution in [2.75, 3.05) is 6.54 Å². The van der Waals surface area contributed by atoms with E-state index in [1.807, 2.05) is 24.3 Å². The van der Waals surface area contributed by atoms with E-state index in [9.17, 15) is 10.1 Å². The maximum Gasteiger partial charge on any atom is 0.204 e. The molecule has 10 heavy (non-hydrogen) atoms. The zero-order valence-electron chi connectivity index (χ0n) is 5.56. The fourth-order valence-corrected chi connectivity index (χ4v) is 0.925. The Balaban J connectivity index is 2.20. The maximum absolute atomic E-state index is 9.91. The van der Waals surface area contributed by atoms with Gasteiger partial charge < -0.3 is 0 Å². The molecule has 0 heterocycles. The van der Waals surface area contributed by atoms with Gasteiger partial charge in [0.05, 0.1) is 0 Å². The third kappa shape index (κ3) is 2.01. The highest BCUT2D eigenvalue weighted by Gasteiger charge is 2.06. The van der Waals surface area contributed by atoms with E-state index in [0.717, 1.165) is 0 Å². The van der Waals surface area contributed by atoms with Crippen molar-refractivity contribution in [2.24, 2.45) is 5.92 Å². The molecule has 0 radical (unpaired) electrons. The summed E-state index contributed by atoms with van der Waals surface area (Å²) in [5, 5.41) is 9.91. The fraction of sp³-hybridized carbons (Fsp3) is 0.429. The zero-order valence-corrected chi connectivity index (χ0v) is 5.56. The summed E-state index contributed by atoms with van der Waals surface area (Å²) < 4.78 is 0. The van der Waals surface area contributed by atoms with E-state index in [1.54, 1.807) is 0 Å².